The highest BCUT2D eigenvalue weighted by molar-refractivity contribution is 5.76. The first-order chi connectivity index (χ1) is 10.8. The van der Waals surface area contributed by atoms with Gasteiger partial charge in [-0.05, 0) is 12.0 Å². The molecule has 9 heteroatoms. The zero-order valence-electron chi connectivity index (χ0n) is 13.1. The number of nitrogen functional groups attached to an aromatic ring is 1. The van der Waals surface area contributed by atoms with E-state index in [9.17, 15) is 14.7 Å². The summed E-state index contributed by atoms with van der Waals surface area (Å²) in [5.41, 5.74) is 10.6. The summed E-state index contributed by atoms with van der Waals surface area (Å²) in [6.45, 7) is 3.27. The van der Waals surface area contributed by atoms with Gasteiger partial charge in [-0.25, -0.2) is 4.79 Å². The van der Waals surface area contributed by atoms with E-state index in [0.717, 1.165) is 0 Å². The van der Waals surface area contributed by atoms with Gasteiger partial charge in [-0.3, -0.25) is 9.36 Å². The Bertz CT molecular complexity index is 617. The number of carbonyl (C=O) groups excluding carboxylic acids is 1. The third-order valence-electron chi connectivity index (χ3n) is 3.78. The first-order valence-electron chi connectivity index (χ1n) is 7.40. The van der Waals surface area contributed by atoms with Crippen LogP contribution in [0, 0.1) is 5.92 Å². The van der Waals surface area contributed by atoms with Gasteiger partial charge >= 0.3 is 11.7 Å². The van der Waals surface area contributed by atoms with Crippen LogP contribution in [0.2, 0.25) is 0 Å². The average Bonchev–Trinajstić information content (AvgIpc) is 2.88. The van der Waals surface area contributed by atoms with Crippen LogP contribution in [0.1, 0.15) is 26.5 Å². The molecule has 0 aromatic carbocycles. The minimum Gasteiger partial charge on any atom is -0.458 e. The summed E-state index contributed by atoms with van der Waals surface area (Å²) >= 11 is 0. The summed E-state index contributed by atoms with van der Waals surface area (Å²) in [6.07, 6.45) is -0.443. The summed E-state index contributed by atoms with van der Waals surface area (Å²) in [5, 5.41) is 9.40. The van der Waals surface area contributed by atoms with E-state index < -0.39 is 36.1 Å². The SMILES string of the molecule is CC(C)C(N)C(=O)O[C@H]1C[C@@H](n2ccc(N)nc2=O)O[C@H]1CO. The van der Waals surface area contributed by atoms with Crippen LogP contribution in [0.15, 0.2) is 17.1 Å². The van der Waals surface area contributed by atoms with Gasteiger partial charge in [-0.1, -0.05) is 13.8 Å². The zero-order valence-corrected chi connectivity index (χ0v) is 13.1. The normalized spacial score (nSPS) is 25.5. The van der Waals surface area contributed by atoms with Crippen LogP contribution in [-0.4, -0.2) is 45.5 Å². The van der Waals surface area contributed by atoms with Crippen LogP contribution >= 0.6 is 0 Å². The molecular formula is C14H22N4O5. The zero-order chi connectivity index (χ0) is 17.1. The lowest BCUT2D eigenvalue weighted by Crippen LogP contribution is -2.41. The largest absolute Gasteiger partial charge is 0.458 e. The summed E-state index contributed by atoms with van der Waals surface area (Å²) in [5.74, 6) is -0.526. The van der Waals surface area contributed by atoms with Crippen molar-refractivity contribution in [2.45, 2.75) is 44.7 Å². The highest BCUT2D eigenvalue weighted by atomic mass is 16.6. The molecule has 1 saturated heterocycles. The number of aromatic nitrogens is 2. The van der Waals surface area contributed by atoms with E-state index in [2.05, 4.69) is 4.98 Å². The molecule has 128 valence electrons. The van der Waals surface area contributed by atoms with E-state index in [1.807, 2.05) is 13.8 Å². The van der Waals surface area contributed by atoms with E-state index in [4.69, 9.17) is 20.9 Å². The molecular weight excluding hydrogens is 304 g/mol. The fraction of sp³-hybridized carbons (Fsp3) is 0.643. The van der Waals surface area contributed by atoms with Gasteiger partial charge in [0.1, 0.15) is 30.3 Å². The number of aliphatic hydroxyl groups is 1. The number of hydrogen-bond acceptors (Lipinski definition) is 8. The van der Waals surface area contributed by atoms with Crippen LogP contribution in [0.25, 0.3) is 0 Å². The number of ether oxygens (including phenoxy) is 2. The van der Waals surface area contributed by atoms with Gasteiger partial charge in [-0.2, -0.15) is 4.98 Å². The lowest BCUT2D eigenvalue weighted by atomic mass is 10.1. The Kier molecular flexibility index (Phi) is 5.34. The number of anilines is 1. The quantitative estimate of drug-likeness (QED) is 0.585. The van der Waals surface area contributed by atoms with Crippen LogP contribution in [0.4, 0.5) is 5.82 Å². The molecule has 1 aromatic rings. The lowest BCUT2D eigenvalue weighted by Gasteiger charge is -2.20. The summed E-state index contributed by atoms with van der Waals surface area (Å²) in [4.78, 5) is 27.4. The van der Waals surface area contributed by atoms with Crippen molar-refractivity contribution in [2.24, 2.45) is 11.7 Å². The van der Waals surface area contributed by atoms with Gasteiger partial charge in [-0.15, -0.1) is 0 Å². The number of carbonyl (C=O) groups is 1. The average molecular weight is 326 g/mol. The van der Waals surface area contributed by atoms with Crippen LogP contribution in [-0.2, 0) is 14.3 Å². The molecule has 4 atom stereocenters. The number of aliphatic hydroxyl groups excluding tert-OH is 1. The summed E-state index contributed by atoms with van der Waals surface area (Å²) in [7, 11) is 0. The molecule has 0 amide bonds. The van der Waals surface area contributed by atoms with Crippen molar-refractivity contribution in [3.63, 3.8) is 0 Å². The molecule has 0 radical (unpaired) electrons. The Morgan fingerprint density at radius 2 is 2.30 bits per heavy atom. The highest BCUT2D eigenvalue weighted by Gasteiger charge is 2.39. The molecule has 0 spiro atoms. The van der Waals surface area contributed by atoms with E-state index in [1.54, 1.807) is 0 Å². The Morgan fingerprint density at radius 3 is 2.87 bits per heavy atom. The van der Waals surface area contributed by atoms with E-state index in [0.29, 0.717) is 0 Å². The maximum atomic E-state index is 12.0. The Hall–Kier alpha value is -1.97. The molecule has 9 nitrogen and oxygen atoms in total. The second-order valence-electron chi connectivity index (χ2n) is 5.83. The molecule has 5 N–H and O–H groups in total. The van der Waals surface area contributed by atoms with Crippen LogP contribution in [0.3, 0.4) is 0 Å². The van der Waals surface area contributed by atoms with Crippen molar-refractivity contribution >= 4 is 11.8 Å². The second-order valence-corrected chi connectivity index (χ2v) is 5.83. The van der Waals surface area contributed by atoms with Gasteiger partial charge in [0.05, 0.1) is 6.61 Å². The third kappa shape index (κ3) is 3.87. The third-order valence-corrected chi connectivity index (χ3v) is 3.78. The van der Waals surface area contributed by atoms with Gasteiger partial charge < -0.3 is 26.0 Å². The van der Waals surface area contributed by atoms with Gasteiger partial charge in [0.15, 0.2) is 0 Å². The lowest BCUT2D eigenvalue weighted by molar-refractivity contribution is -0.155. The van der Waals surface area contributed by atoms with Gasteiger partial charge in [0.2, 0.25) is 0 Å². The van der Waals surface area contributed by atoms with E-state index >= 15 is 0 Å². The molecule has 1 aliphatic heterocycles. The molecule has 0 aliphatic carbocycles. The predicted molar refractivity (Wildman–Crippen MR) is 81.2 cm³/mol. The molecule has 0 bridgehead atoms. The maximum Gasteiger partial charge on any atom is 0.351 e. The predicted octanol–water partition coefficient (Wildman–Crippen LogP) is -1.000. The molecule has 1 unspecified atom stereocenters. The Labute approximate surface area is 133 Å². The summed E-state index contributed by atoms with van der Waals surface area (Å²) < 4.78 is 12.2. The monoisotopic (exact) mass is 326 g/mol. The fourth-order valence-electron chi connectivity index (χ4n) is 2.30. The van der Waals surface area contributed by atoms with Crippen molar-refractivity contribution in [3.05, 3.63) is 22.7 Å². The number of rotatable bonds is 5. The van der Waals surface area contributed by atoms with Crippen molar-refractivity contribution in [2.75, 3.05) is 12.3 Å². The molecule has 23 heavy (non-hydrogen) atoms. The number of esters is 1. The molecule has 2 heterocycles. The smallest absolute Gasteiger partial charge is 0.351 e. The van der Waals surface area contributed by atoms with Crippen molar-refractivity contribution < 1.29 is 19.4 Å². The van der Waals surface area contributed by atoms with Crippen LogP contribution < -0.4 is 17.2 Å². The van der Waals surface area contributed by atoms with Crippen molar-refractivity contribution in [1.29, 1.82) is 0 Å². The van der Waals surface area contributed by atoms with Gasteiger partial charge in [0.25, 0.3) is 0 Å². The summed E-state index contributed by atoms with van der Waals surface area (Å²) in [6, 6.07) is 0.710. The molecule has 2 rings (SSSR count). The fourth-order valence-corrected chi connectivity index (χ4v) is 2.30. The van der Waals surface area contributed by atoms with Crippen molar-refractivity contribution in [3.8, 4) is 0 Å². The number of nitrogens with zero attached hydrogens (tertiary/aromatic N) is 2. The first-order valence-corrected chi connectivity index (χ1v) is 7.40. The standard InChI is InChI=1S/C14H22N4O5/c1-7(2)12(16)13(20)23-8-5-11(22-9(8)6-19)18-4-3-10(15)17-14(18)21/h3-4,7-9,11-12,19H,5-6,16H2,1-2H3,(H2,15,17,21)/t8-,9-,11-,12?/m0/s1. The molecule has 1 fully saturated rings. The van der Waals surface area contributed by atoms with E-state index in [1.165, 1.54) is 16.8 Å². The second kappa shape index (κ2) is 7.07. The number of hydrogen-bond donors (Lipinski definition) is 3. The minimum absolute atomic E-state index is 0.0721. The maximum absolute atomic E-state index is 12.0. The first kappa shape index (κ1) is 17.4. The Balaban J connectivity index is 2.11. The van der Waals surface area contributed by atoms with Gasteiger partial charge in [0, 0.05) is 12.6 Å². The van der Waals surface area contributed by atoms with Crippen LogP contribution in [0.5, 0.6) is 0 Å². The highest BCUT2D eigenvalue weighted by Crippen LogP contribution is 2.30. The topological polar surface area (TPSA) is 143 Å². The molecule has 1 aliphatic rings. The number of nitrogens with two attached hydrogens (primary N) is 2. The molecule has 1 aromatic heterocycles. The van der Waals surface area contributed by atoms with Crippen molar-refractivity contribution in [1.82, 2.24) is 9.55 Å². The molecule has 0 saturated carbocycles. The van der Waals surface area contributed by atoms with E-state index in [-0.39, 0.29) is 24.8 Å². The minimum atomic E-state index is -0.755. The Morgan fingerprint density at radius 1 is 1.61 bits per heavy atom.